The van der Waals surface area contributed by atoms with Gasteiger partial charge in [-0.2, -0.15) is 0 Å². The predicted molar refractivity (Wildman–Crippen MR) is 67.7 cm³/mol. The van der Waals surface area contributed by atoms with Crippen LogP contribution < -0.4 is 5.32 Å². The van der Waals surface area contributed by atoms with Crippen molar-refractivity contribution in [3.05, 3.63) is 11.9 Å². The molecule has 0 spiro atoms. The minimum absolute atomic E-state index is 0.124. The van der Waals surface area contributed by atoms with E-state index in [0.29, 0.717) is 5.92 Å². The number of aromatic nitrogens is 3. The van der Waals surface area contributed by atoms with Crippen LogP contribution in [0.1, 0.15) is 38.9 Å². The zero-order chi connectivity index (χ0) is 12.8. The molecule has 0 aliphatic rings. The van der Waals surface area contributed by atoms with E-state index in [1.54, 1.807) is 7.11 Å². The van der Waals surface area contributed by atoms with Crippen LogP contribution >= 0.6 is 0 Å². The highest BCUT2D eigenvalue weighted by molar-refractivity contribution is 5.05. The maximum Gasteiger partial charge on any atom is 0.0804 e. The van der Waals surface area contributed by atoms with Crippen molar-refractivity contribution in [2.24, 2.45) is 13.0 Å². The molecule has 0 saturated heterocycles. The van der Waals surface area contributed by atoms with E-state index in [4.69, 9.17) is 4.74 Å². The molecule has 1 N–H and O–H groups in total. The average Bonchev–Trinajstić information content (AvgIpc) is 2.70. The van der Waals surface area contributed by atoms with Gasteiger partial charge in [0.25, 0.3) is 0 Å². The number of methoxy groups -OCH3 is 1. The molecule has 0 bridgehead atoms. The van der Waals surface area contributed by atoms with Gasteiger partial charge in [-0.3, -0.25) is 4.68 Å². The van der Waals surface area contributed by atoms with Crippen LogP contribution in [0.25, 0.3) is 0 Å². The van der Waals surface area contributed by atoms with Crippen LogP contribution in [-0.2, 0) is 11.8 Å². The fraction of sp³-hybridized carbons (Fsp3) is 0.833. The molecule has 98 valence electrons. The van der Waals surface area contributed by atoms with Gasteiger partial charge >= 0.3 is 0 Å². The second-order valence-electron chi connectivity index (χ2n) is 4.66. The molecule has 1 heterocycles. The lowest BCUT2D eigenvalue weighted by molar-refractivity contribution is 0.0304. The van der Waals surface area contributed by atoms with Crippen molar-refractivity contribution in [2.45, 2.75) is 39.3 Å². The molecule has 0 radical (unpaired) electrons. The summed E-state index contributed by atoms with van der Waals surface area (Å²) < 4.78 is 7.43. The Hall–Kier alpha value is -0.940. The first-order valence-electron chi connectivity index (χ1n) is 6.22. The monoisotopic (exact) mass is 240 g/mol. The van der Waals surface area contributed by atoms with Crippen LogP contribution in [-0.4, -0.2) is 34.8 Å². The number of rotatable bonds is 7. The Bertz CT molecular complexity index is 324. The summed E-state index contributed by atoms with van der Waals surface area (Å²) >= 11 is 0. The average molecular weight is 240 g/mol. The molecule has 5 nitrogen and oxygen atoms in total. The molecule has 0 amide bonds. The van der Waals surface area contributed by atoms with Crippen LogP contribution in [0, 0.1) is 5.92 Å². The largest absolute Gasteiger partial charge is 0.379 e. The summed E-state index contributed by atoms with van der Waals surface area (Å²) in [4.78, 5) is 0. The third kappa shape index (κ3) is 3.51. The standard InChI is InChI=1S/C12H24N4O/c1-6-7-13-11(12(17-5)9(2)3)10-8-14-15-16(10)4/h8-9,11-13H,6-7H2,1-5H3. The van der Waals surface area contributed by atoms with Crippen molar-refractivity contribution in [3.8, 4) is 0 Å². The maximum absolute atomic E-state index is 5.62. The number of hydrogen-bond acceptors (Lipinski definition) is 4. The number of ether oxygens (including phenoxy) is 1. The van der Waals surface area contributed by atoms with Crippen molar-refractivity contribution < 1.29 is 4.74 Å². The van der Waals surface area contributed by atoms with E-state index < -0.39 is 0 Å². The van der Waals surface area contributed by atoms with Gasteiger partial charge in [-0.05, 0) is 18.9 Å². The predicted octanol–water partition coefficient (Wildman–Crippen LogP) is 1.53. The van der Waals surface area contributed by atoms with Gasteiger partial charge in [0.2, 0.25) is 0 Å². The lowest BCUT2D eigenvalue weighted by Crippen LogP contribution is -2.38. The number of nitrogens with zero attached hydrogens (tertiary/aromatic N) is 3. The van der Waals surface area contributed by atoms with Crippen molar-refractivity contribution in [2.75, 3.05) is 13.7 Å². The zero-order valence-corrected chi connectivity index (χ0v) is 11.5. The molecule has 2 unspecified atom stereocenters. The summed E-state index contributed by atoms with van der Waals surface area (Å²) in [6.07, 6.45) is 3.02. The highest BCUT2D eigenvalue weighted by Gasteiger charge is 2.27. The first kappa shape index (κ1) is 14.1. The lowest BCUT2D eigenvalue weighted by Gasteiger charge is -2.29. The minimum atomic E-state index is 0.124. The number of aryl methyl sites for hydroxylation is 1. The Balaban J connectivity index is 2.90. The summed E-state index contributed by atoms with van der Waals surface area (Å²) in [6, 6.07) is 0.139. The zero-order valence-electron chi connectivity index (χ0n) is 11.5. The SMILES string of the molecule is CCCNC(c1cnnn1C)C(OC)C(C)C. The van der Waals surface area contributed by atoms with E-state index in [1.165, 1.54) is 0 Å². The van der Waals surface area contributed by atoms with Gasteiger partial charge in [0.05, 0.1) is 24.0 Å². The first-order valence-corrected chi connectivity index (χ1v) is 6.22. The summed E-state index contributed by atoms with van der Waals surface area (Å²) in [5.41, 5.74) is 1.07. The molecule has 0 fully saturated rings. The van der Waals surface area contributed by atoms with Crippen molar-refractivity contribution >= 4 is 0 Å². The molecule has 1 aromatic rings. The molecule has 5 heteroatoms. The van der Waals surface area contributed by atoms with Crippen LogP contribution in [0.4, 0.5) is 0 Å². The highest BCUT2D eigenvalue weighted by Crippen LogP contribution is 2.23. The van der Waals surface area contributed by atoms with Crippen LogP contribution in [0.2, 0.25) is 0 Å². The van der Waals surface area contributed by atoms with Crippen molar-refractivity contribution in [1.82, 2.24) is 20.3 Å². The normalized spacial score (nSPS) is 15.2. The second-order valence-corrected chi connectivity index (χ2v) is 4.66. The molecule has 0 saturated carbocycles. The molecule has 0 aromatic carbocycles. The van der Waals surface area contributed by atoms with E-state index in [1.807, 2.05) is 17.9 Å². The van der Waals surface area contributed by atoms with Gasteiger partial charge in [0, 0.05) is 14.2 Å². The minimum Gasteiger partial charge on any atom is -0.379 e. The fourth-order valence-corrected chi connectivity index (χ4v) is 2.06. The Morgan fingerprint density at radius 1 is 1.47 bits per heavy atom. The molecular weight excluding hydrogens is 216 g/mol. The smallest absolute Gasteiger partial charge is 0.0804 e. The van der Waals surface area contributed by atoms with E-state index in [9.17, 15) is 0 Å². The van der Waals surface area contributed by atoms with Crippen molar-refractivity contribution in [1.29, 1.82) is 0 Å². The van der Waals surface area contributed by atoms with Gasteiger partial charge in [0.15, 0.2) is 0 Å². The van der Waals surface area contributed by atoms with E-state index in [-0.39, 0.29) is 12.1 Å². The molecular formula is C12H24N4O. The summed E-state index contributed by atoms with van der Waals surface area (Å²) in [7, 11) is 3.67. The molecule has 0 aliphatic heterocycles. The number of hydrogen-bond donors (Lipinski definition) is 1. The van der Waals surface area contributed by atoms with Gasteiger partial charge in [-0.15, -0.1) is 5.10 Å². The highest BCUT2D eigenvalue weighted by atomic mass is 16.5. The van der Waals surface area contributed by atoms with Crippen LogP contribution in [0.3, 0.4) is 0 Å². The second kappa shape index (κ2) is 6.71. The topological polar surface area (TPSA) is 52.0 Å². The van der Waals surface area contributed by atoms with E-state index in [0.717, 1.165) is 18.7 Å². The molecule has 1 aromatic heterocycles. The van der Waals surface area contributed by atoms with E-state index >= 15 is 0 Å². The molecule has 0 aliphatic carbocycles. The molecule has 2 atom stereocenters. The summed E-state index contributed by atoms with van der Waals surface area (Å²) in [5.74, 6) is 0.434. The Kier molecular flexibility index (Phi) is 5.58. The lowest BCUT2D eigenvalue weighted by atomic mass is 9.97. The summed E-state index contributed by atoms with van der Waals surface area (Å²) in [5, 5.41) is 11.5. The van der Waals surface area contributed by atoms with Crippen LogP contribution in [0.15, 0.2) is 6.20 Å². The Morgan fingerprint density at radius 2 is 2.18 bits per heavy atom. The Morgan fingerprint density at radius 3 is 2.59 bits per heavy atom. The maximum atomic E-state index is 5.62. The van der Waals surface area contributed by atoms with Gasteiger partial charge in [0.1, 0.15) is 0 Å². The fourth-order valence-electron chi connectivity index (χ4n) is 2.06. The van der Waals surface area contributed by atoms with Crippen molar-refractivity contribution in [3.63, 3.8) is 0 Å². The number of nitrogens with one attached hydrogen (secondary N) is 1. The van der Waals surface area contributed by atoms with Crippen LogP contribution in [0.5, 0.6) is 0 Å². The summed E-state index contributed by atoms with van der Waals surface area (Å²) in [6.45, 7) is 7.45. The van der Waals surface area contributed by atoms with E-state index in [2.05, 4.69) is 36.4 Å². The third-order valence-corrected chi connectivity index (χ3v) is 2.94. The third-order valence-electron chi connectivity index (χ3n) is 2.94. The first-order chi connectivity index (χ1) is 8.11. The molecule has 17 heavy (non-hydrogen) atoms. The van der Waals surface area contributed by atoms with Gasteiger partial charge in [-0.1, -0.05) is 26.0 Å². The van der Waals surface area contributed by atoms with Gasteiger partial charge < -0.3 is 10.1 Å². The quantitative estimate of drug-likeness (QED) is 0.785. The molecule has 1 rings (SSSR count). The Labute approximate surface area is 104 Å². The van der Waals surface area contributed by atoms with Gasteiger partial charge in [-0.25, -0.2) is 0 Å².